The number of benzene rings is 1. The maximum Gasteiger partial charge on any atom is 0.322 e. The molecule has 0 saturated heterocycles. The lowest BCUT2D eigenvalue weighted by Gasteiger charge is -2.23. The van der Waals surface area contributed by atoms with Crippen LogP contribution in [0.4, 0.5) is 10.5 Å². The molecule has 0 spiro atoms. The molecule has 1 fully saturated rings. The van der Waals surface area contributed by atoms with Crippen molar-refractivity contribution in [1.29, 1.82) is 0 Å². The number of urea groups is 1. The Kier molecular flexibility index (Phi) is 5.70. The number of amides is 2. The minimum absolute atomic E-state index is 0.143. The van der Waals surface area contributed by atoms with E-state index in [4.69, 9.17) is 21.4 Å². The van der Waals surface area contributed by atoms with Crippen LogP contribution in [0.2, 0.25) is 5.02 Å². The first-order valence-electron chi connectivity index (χ1n) is 7.17. The molecule has 1 saturated carbocycles. The number of nitrogens with one attached hydrogen (secondary N) is 1. The van der Waals surface area contributed by atoms with Crippen molar-refractivity contribution >= 4 is 23.3 Å². The molecule has 116 valence electrons. The number of carbonyl (C=O) groups excluding carboxylic acids is 1. The second-order valence-corrected chi connectivity index (χ2v) is 5.57. The third kappa shape index (κ3) is 4.51. The van der Waals surface area contributed by atoms with E-state index in [2.05, 4.69) is 5.32 Å². The van der Waals surface area contributed by atoms with E-state index in [0.29, 0.717) is 35.5 Å². The molecule has 0 aromatic heterocycles. The van der Waals surface area contributed by atoms with Gasteiger partial charge in [-0.15, -0.1) is 0 Å². The lowest BCUT2D eigenvalue weighted by atomic mass is 10.3. The monoisotopic (exact) mass is 312 g/mol. The third-order valence-electron chi connectivity index (χ3n) is 3.46. The Morgan fingerprint density at radius 2 is 2.24 bits per heavy atom. The smallest absolute Gasteiger partial charge is 0.322 e. The Morgan fingerprint density at radius 3 is 2.86 bits per heavy atom. The molecule has 1 aliphatic rings. The molecular formula is C15H21ClN2O3. The van der Waals surface area contributed by atoms with E-state index < -0.39 is 0 Å². The second-order valence-electron chi connectivity index (χ2n) is 5.13. The molecule has 1 aromatic carbocycles. The number of aliphatic hydroxyl groups excluding tert-OH is 1. The fraction of sp³-hybridized carbons (Fsp3) is 0.533. The van der Waals surface area contributed by atoms with Crippen LogP contribution >= 0.6 is 11.6 Å². The first kappa shape index (κ1) is 15.9. The van der Waals surface area contributed by atoms with Gasteiger partial charge in [-0.2, -0.15) is 0 Å². The van der Waals surface area contributed by atoms with Crippen LogP contribution in [-0.4, -0.2) is 42.3 Å². The average molecular weight is 313 g/mol. The molecule has 0 radical (unpaired) electrons. The lowest BCUT2D eigenvalue weighted by molar-refractivity contribution is 0.204. The highest BCUT2D eigenvalue weighted by Gasteiger charge is 2.32. The molecule has 0 unspecified atom stereocenters. The van der Waals surface area contributed by atoms with Gasteiger partial charge in [0.25, 0.3) is 0 Å². The quantitative estimate of drug-likeness (QED) is 0.760. The first-order chi connectivity index (χ1) is 10.2. The highest BCUT2D eigenvalue weighted by atomic mass is 35.5. The number of carbonyl (C=O) groups is 1. The van der Waals surface area contributed by atoms with Crippen LogP contribution in [0.1, 0.15) is 25.7 Å². The highest BCUT2D eigenvalue weighted by Crippen LogP contribution is 2.31. The Balaban J connectivity index is 2.02. The van der Waals surface area contributed by atoms with Crippen molar-refractivity contribution in [1.82, 2.24) is 4.90 Å². The van der Waals surface area contributed by atoms with Gasteiger partial charge in [0.05, 0.1) is 12.8 Å². The van der Waals surface area contributed by atoms with Gasteiger partial charge in [0.1, 0.15) is 5.75 Å². The van der Waals surface area contributed by atoms with Gasteiger partial charge in [-0.05, 0) is 43.9 Å². The van der Waals surface area contributed by atoms with Crippen LogP contribution in [0, 0.1) is 0 Å². The number of anilines is 1. The predicted octanol–water partition coefficient (Wildman–Crippen LogP) is 3.12. The van der Waals surface area contributed by atoms with Gasteiger partial charge >= 0.3 is 6.03 Å². The van der Waals surface area contributed by atoms with Crippen molar-refractivity contribution in [3.05, 3.63) is 23.2 Å². The van der Waals surface area contributed by atoms with E-state index in [0.717, 1.165) is 19.3 Å². The summed E-state index contributed by atoms with van der Waals surface area (Å²) < 4.78 is 5.23. The van der Waals surface area contributed by atoms with Gasteiger partial charge in [-0.1, -0.05) is 11.6 Å². The Morgan fingerprint density at radius 1 is 1.48 bits per heavy atom. The van der Waals surface area contributed by atoms with Crippen molar-refractivity contribution < 1.29 is 14.6 Å². The summed E-state index contributed by atoms with van der Waals surface area (Å²) >= 11 is 5.97. The summed E-state index contributed by atoms with van der Waals surface area (Å²) in [4.78, 5) is 14.3. The van der Waals surface area contributed by atoms with E-state index in [9.17, 15) is 4.79 Å². The van der Waals surface area contributed by atoms with Crippen molar-refractivity contribution in [3.63, 3.8) is 0 Å². The highest BCUT2D eigenvalue weighted by molar-refractivity contribution is 6.31. The topological polar surface area (TPSA) is 61.8 Å². The molecular weight excluding hydrogens is 292 g/mol. The van der Waals surface area contributed by atoms with Crippen LogP contribution in [0.25, 0.3) is 0 Å². The summed E-state index contributed by atoms with van der Waals surface area (Å²) in [6.07, 6.45) is 3.59. The molecule has 6 heteroatoms. The van der Waals surface area contributed by atoms with Crippen molar-refractivity contribution in [2.24, 2.45) is 0 Å². The van der Waals surface area contributed by atoms with Gasteiger partial charge in [0.15, 0.2) is 0 Å². The summed E-state index contributed by atoms with van der Waals surface area (Å²) in [5.74, 6) is 0.582. The number of rotatable bonds is 7. The zero-order valence-electron chi connectivity index (χ0n) is 12.1. The van der Waals surface area contributed by atoms with E-state index in [1.165, 1.54) is 0 Å². The van der Waals surface area contributed by atoms with Gasteiger partial charge in [-0.25, -0.2) is 4.79 Å². The van der Waals surface area contributed by atoms with E-state index in [1.54, 1.807) is 25.3 Å². The molecule has 0 aliphatic heterocycles. The number of unbranched alkanes of at least 4 members (excludes halogenated alkanes) is 1. The molecule has 0 atom stereocenters. The van der Waals surface area contributed by atoms with Crippen molar-refractivity contribution in [2.75, 3.05) is 25.6 Å². The summed E-state index contributed by atoms with van der Waals surface area (Å²) in [7, 11) is 1.55. The molecule has 1 aliphatic carbocycles. The zero-order valence-corrected chi connectivity index (χ0v) is 12.9. The number of aliphatic hydroxyl groups is 1. The molecule has 0 heterocycles. The van der Waals surface area contributed by atoms with Crippen LogP contribution in [0.15, 0.2) is 18.2 Å². The maximum absolute atomic E-state index is 12.4. The number of hydrogen-bond donors (Lipinski definition) is 2. The first-order valence-corrected chi connectivity index (χ1v) is 7.55. The molecule has 21 heavy (non-hydrogen) atoms. The summed E-state index contributed by atoms with van der Waals surface area (Å²) in [5.41, 5.74) is 0.572. The van der Waals surface area contributed by atoms with Crippen LogP contribution in [0.3, 0.4) is 0 Å². The minimum Gasteiger partial charge on any atom is -0.495 e. The summed E-state index contributed by atoms with van der Waals surface area (Å²) in [6, 6.07) is 5.29. The predicted molar refractivity (Wildman–Crippen MR) is 83.1 cm³/mol. The number of hydrogen-bond acceptors (Lipinski definition) is 3. The minimum atomic E-state index is -0.143. The summed E-state index contributed by atoms with van der Waals surface area (Å²) in [6.45, 7) is 0.808. The van der Waals surface area contributed by atoms with E-state index in [-0.39, 0.29) is 12.6 Å². The fourth-order valence-electron chi connectivity index (χ4n) is 2.19. The molecule has 5 nitrogen and oxygen atoms in total. The molecule has 1 aromatic rings. The molecule has 0 bridgehead atoms. The fourth-order valence-corrected chi connectivity index (χ4v) is 2.37. The van der Waals surface area contributed by atoms with Gasteiger partial charge in [0.2, 0.25) is 0 Å². The van der Waals surface area contributed by atoms with E-state index in [1.807, 2.05) is 4.90 Å². The lowest BCUT2D eigenvalue weighted by Crippen LogP contribution is -2.37. The average Bonchev–Trinajstić information content (AvgIpc) is 3.28. The number of halogens is 1. The van der Waals surface area contributed by atoms with E-state index >= 15 is 0 Å². The van der Waals surface area contributed by atoms with Crippen LogP contribution in [0.5, 0.6) is 5.75 Å². The van der Waals surface area contributed by atoms with Crippen molar-refractivity contribution in [2.45, 2.75) is 31.7 Å². The Bertz CT molecular complexity index is 492. The molecule has 2 rings (SSSR count). The largest absolute Gasteiger partial charge is 0.495 e. The Labute approximate surface area is 129 Å². The second kappa shape index (κ2) is 7.52. The van der Waals surface area contributed by atoms with Gasteiger partial charge < -0.3 is 20.1 Å². The number of ether oxygens (including phenoxy) is 1. The maximum atomic E-state index is 12.4. The standard InChI is InChI=1S/C15H21ClN2O3/c1-21-14-7-4-11(16)10-13(14)17-15(20)18(12-5-6-12)8-2-3-9-19/h4,7,10,12,19H,2-3,5-6,8-9H2,1H3,(H,17,20). The summed E-state index contributed by atoms with van der Waals surface area (Å²) in [5, 5.41) is 12.3. The molecule has 2 N–H and O–H groups in total. The van der Waals surface area contributed by atoms with Crippen LogP contribution in [-0.2, 0) is 0 Å². The Hall–Kier alpha value is -1.46. The third-order valence-corrected chi connectivity index (χ3v) is 3.69. The van der Waals surface area contributed by atoms with Crippen molar-refractivity contribution in [3.8, 4) is 5.75 Å². The normalized spacial score (nSPS) is 13.9. The number of methoxy groups -OCH3 is 1. The van der Waals surface area contributed by atoms with Gasteiger partial charge in [-0.3, -0.25) is 0 Å². The number of nitrogens with zero attached hydrogens (tertiary/aromatic N) is 1. The zero-order chi connectivity index (χ0) is 15.2. The SMILES string of the molecule is COc1ccc(Cl)cc1NC(=O)N(CCCCO)C1CC1. The van der Waals surface area contributed by atoms with Gasteiger partial charge in [0, 0.05) is 24.2 Å². The molecule has 2 amide bonds. The van der Waals surface area contributed by atoms with Crippen LogP contribution < -0.4 is 10.1 Å².